The molecule has 3 aromatic rings. The summed E-state index contributed by atoms with van der Waals surface area (Å²) < 4.78 is 27.6. The second-order valence-electron chi connectivity index (χ2n) is 7.12. The predicted molar refractivity (Wildman–Crippen MR) is 128 cm³/mol. The van der Waals surface area contributed by atoms with E-state index in [1.165, 1.54) is 50.4 Å². The van der Waals surface area contributed by atoms with E-state index in [1.54, 1.807) is 24.3 Å². The maximum absolute atomic E-state index is 12.6. The number of nitrogens with one attached hydrogen (secondary N) is 4. The Kier molecular flexibility index (Phi) is 7.12. The number of amides is 3. The zero-order valence-electron chi connectivity index (χ0n) is 18.2. The van der Waals surface area contributed by atoms with Crippen LogP contribution in [0.1, 0.15) is 15.9 Å². The number of anilines is 3. The Morgan fingerprint density at radius 1 is 0.853 bits per heavy atom. The molecule has 0 saturated heterocycles. The molecular formula is C22H21N5O6S. The van der Waals surface area contributed by atoms with Gasteiger partial charge >= 0.3 is 6.03 Å². The second kappa shape index (κ2) is 10.0. The van der Waals surface area contributed by atoms with E-state index in [0.717, 1.165) is 6.07 Å². The van der Waals surface area contributed by atoms with Crippen LogP contribution in [0.3, 0.4) is 0 Å². The molecule has 0 aliphatic heterocycles. The van der Waals surface area contributed by atoms with E-state index in [4.69, 9.17) is 0 Å². The van der Waals surface area contributed by atoms with Crippen molar-refractivity contribution >= 4 is 44.7 Å². The van der Waals surface area contributed by atoms with E-state index < -0.39 is 20.9 Å². The van der Waals surface area contributed by atoms with E-state index in [9.17, 15) is 28.1 Å². The van der Waals surface area contributed by atoms with Gasteiger partial charge in [0.1, 0.15) is 0 Å². The number of carbonyl (C=O) groups excluding carboxylic acids is 2. The summed E-state index contributed by atoms with van der Waals surface area (Å²) in [6.45, 7) is 1.52. The van der Waals surface area contributed by atoms with Crippen molar-refractivity contribution in [3.63, 3.8) is 0 Å². The topological polar surface area (TPSA) is 160 Å². The van der Waals surface area contributed by atoms with Crippen LogP contribution in [0.25, 0.3) is 0 Å². The fraction of sp³-hybridized carbons (Fsp3) is 0.0909. The minimum absolute atomic E-state index is 0.185. The molecule has 0 radical (unpaired) electrons. The SMILES string of the molecule is CNC(=O)Nc1ccc(NC(=O)c2ccc(NS(=O)(=O)c3ccc(C)c([N+](=O)[O-])c3)cc2)cc1. The Morgan fingerprint density at radius 3 is 1.97 bits per heavy atom. The minimum Gasteiger partial charge on any atom is -0.341 e. The summed E-state index contributed by atoms with van der Waals surface area (Å²) in [4.78, 5) is 34.0. The molecule has 0 saturated carbocycles. The van der Waals surface area contributed by atoms with Crippen LogP contribution in [0.5, 0.6) is 0 Å². The Morgan fingerprint density at radius 2 is 1.41 bits per heavy atom. The Hall–Kier alpha value is -4.45. The number of nitro groups is 1. The van der Waals surface area contributed by atoms with Crippen molar-refractivity contribution in [3.05, 3.63) is 88.0 Å². The van der Waals surface area contributed by atoms with Crippen molar-refractivity contribution in [2.75, 3.05) is 22.4 Å². The van der Waals surface area contributed by atoms with Gasteiger partial charge in [-0.05, 0) is 61.5 Å². The van der Waals surface area contributed by atoms with E-state index in [-0.39, 0.29) is 27.9 Å². The van der Waals surface area contributed by atoms with Gasteiger partial charge in [0.2, 0.25) is 0 Å². The largest absolute Gasteiger partial charge is 0.341 e. The summed E-state index contributed by atoms with van der Waals surface area (Å²) in [7, 11) is -2.58. The van der Waals surface area contributed by atoms with E-state index in [0.29, 0.717) is 16.9 Å². The average Bonchev–Trinajstić information content (AvgIpc) is 2.80. The van der Waals surface area contributed by atoms with Gasteiger partial charge in [-0.2, -0.15) is 0 Å². The Bertz CT molecular complexity index is 1340. The summed E-state index contributed by atoms with van der Waals surface area (Å²) in [6.07, 6.45) is 0. The molecule has 0 fully saturated rings. The first kappa shape index (κ1) is 24.2. The molecule has 0 spiro atoms. The summed E-state index contributed by atoms with van der Waals surface area (Å²) >= 11 is 0. The smallest absolute Gasteiger partial charge is 0.318 e. The molecule has 0 heterocycles. The van der Waals surface area contributed by atoms with Gasteiger partial charge in [-0.3, -0.25) is 19.6 Å². The van der Waals surface area contributed by atoms with Crippen LogP contribution in [0.2, 0.25) is 0 Å². The highest BCUT2D eigenvalue weighted by atomic mass is 32.2. The zero-order chi connectivity index (χ0) is 24.9. The van der Waals surface area contributed by atoms with Gasteiger partial charge in [-0.1, -0.05) is 6.07 Å². The van der Waals surface area contributed by atoms with Crippen LogP contribution in [0.15, 0.2) is 71.6 Å². The molecule has 4 N–H and O–H groups in total. The zero-order valence-corrected chi connectivity index (χ0v) is 19.0. The lowest BCUT2D eigenvalue weighted by molar-refractivity contribution is -0.385. The molecule has 0 aliphatic rings. The van der Waals surface area contributed by atoms with Crippen LogP contribution in [-0.2, 0) is 10.0 Å². The first-order valence-corrected chi connectivity index (χ1v) is 11.4. The van der Waals surface area contributed by atoms with Crippen molar-refractivity contribution in [2.24, 2.45) is 0 Å². The third-order valence-corrected chi connectivity index (χ3v) is 6.09. The number of carbonyl (C=O) groups is 2. The molecule has 0 bridgehead atoms. The van der Waals surface area contributed by atoms with E-state index >= 15 is 0 Å². The van der Waals surface area contributed by atoms with Crippen LogP contribution < -0.4 is 20.7 Å². The normalized spacial score (nSPS) is 10.8. The lowest BCUT2D eigenvalue weighted by atomic mass is 10.2. The molecule has 12 heteroatoms. The van der Waals surface area contributed by atoms with Crippen LogP contribution in [0.4, 0.5) is 27.5 Å². The molecule has 3 rings (SSSR count). The number of nitro benzene ring substituents is 1. The summed E-state index contributed by atoms with van der Waals surface area (Å²) in [6, 6.07) is 15.4. The molecule has 0 unspecified atom stereocenters. The van der Waals surface area contributed by atoms with Gasteiger partial charge in [0.15, 0.2) is 0 Å². The fourth-order valence-electron chi connectivity index (χ4n) is 2.89. The molecular weight excluding hydrogens is 462 g/mol. The van der Waals surface area contributed by atoms with E-state index in [2.05, 4.69) is 20.7 Å². The number of hydrogen-bond donors (Lipinski definition) is 4. The van der Waals surface area contributed by atoms with Crippen LogP contribution in [-0.4, -0.2) is 32.3 Å². The molecule has 34 heavy (non-hydrogen) atoms. The van der Waals surface area contributed by atoms with Gasteiger partial charge in [0, 0.05) is 41.3 Å². The number of nitrogens with zero attached hydrogens (tertiary/aromatic N) is 1. The molecule has 0 atom stereocenters. The maximum Gasteiger partial charge on any atom is 0.318 e. The lowest BCUT2D eigenvalue weighted by Gasteiger charge is -2.10. The van der Waals surface area contributed by atoms with Crippen molar-refractivity contribution in [3.8, 4) is 0 Å². The van der Waals surface area contributed by atoms with Gasteiger partial charge in [0.25, 0.3) is 21.6 Å². The number of aryl methyl sites for hydroxylation is 1. The summed E-state index contributed by atoms with van der Waals surface area (Å²) in [5.74, 6) is -0.421. The molecule has 11 nitrogen and oxygen atoms in total. The van der Waals surface area contributed by atoms with Crippen molar-refractivity contribution in [2.45, 2.75) is 11.8 Å². The molecule has 3 aromatic carbocycles. The number of sulfonamides is 1. The summed E-state index contributed by atoms with van der Waals surface area (Å²) in [5.41, 5.74) is 1.56. The van der Waals surface area contributed by atoms with Crippen LogP contribution >= 0.6 is 0 Å². The fourth-order valence-corrected chi connectivity index (χ4v) is 3.97. The standard InChI is InChI=1S/C22H21N5O6S/c1-14-3-12-19(13-20(14)27(30)31)34(32,33)26-18-6-4-15(5-7-18)21(28)24-16-8-10-17(11-9-16)25-22(29)23-2/h3-13,26H,1-2H3,(H,24,28)(H2,23,25,29). The monoisotopic (exact) mass is 483 g/mol. The van der Waals surface area contributed by atoms with Gasteiger partial charge < -0.3 is 16.0 Å². The highest BCUT2D eigenvalue weighted by Gasteiger charge is 2.20. The maximum atomic E-state index is 12.6. The van der Waals surface area contributed by atoms with Gasteiger partial charge in [0.05, 0.1) is 9.82 Å². The first-order valence-electron chi connectivity index (χ1n) is 9.87. The Balaban J connectivity index is 1.67. The van der Waals surface area contributed by atoms with Gasteiger partial charge in [-0.15, -0.1) is 0 Å². The molecule has 3 amide bonds. The number of benzene rings is 3. The molecule has 0 aliphatic carbocycles. The lowest BCUT2D eigenvalue weighted by Crippen LogP contribution is -2.24. The number of urea groups is 1. The molecule has 176 valence electrons. The average molecular weight is 484 g/mol. The van der Waals surface area contributed by atoms with Gasteiger partial charge in [-0.25, -0.2) is 13.2 Å². The van der Waals surface area contributed by atoms with Crippen molar-refractivity contribution < 1.29 is 22.9 Å². The highest BCUT2D eigenvalue weighted by Crippen LogP contribution is 2.24. The quantitative estimate of drug-likeness (QED) is 0.296. The van der Waals surface area contributed by atoms with Crippen LogP contribution in [0, 0.1) is 17.0 Å². The van der Waals surface area contributed by atoms with Crippen molar-refractivity contribution in [1.82, 2.24) is 5.32 Å². The highest BCUT2D eigenvalue weighted by molar-refractivity contribution is 7.92. The first-order chi connectivity index (χ1) is 16.1. The Labute approximate surface area is 195 Å². The van der Waals surface area contributed by atoms with E-state index in [1.807, 2.05) is 0 Å². The third-order valence-electron chi connectivity index (χ3n) is 4.71. The minimum atomic E-state index is -4.07. The summed E-state index contributed by atoms with van der Waals surface area (Å²) in [5, 5.41) is 18.8. The number of rotatable bonds is 7. The second-order valence-corrected chi connectivity index (χ2v) is 8.81. The number of hydrogen-bond acceptors (Lipinski definition) is 6. The van der Waals surface area contributed by atoms with Crippen molar-refractivity contribution in [1.29, 1.82) is 0 Å². The predicted octanol–water partition coefficient (Wildman–Crippen LogP) is 3.71. The third kappa shape index (κ3) is 5.86. The molecule has 0 aromatic heterocycles.